The number of nitrogens with zero attached hydrogens (tertiary/aromatic N) is 4. The zero-order valence-electron chi connectivity index (χ0n) is 24.3. The van der Waals surface area contributed by atoms with Crippen LogP contribution < -0.4 is 10.6 Å². The highest BCUT2D eigenvalue weighted by atomic mass is 16.1. The minimum atomic E-state index is -0.448. The fraction of sp³-hybridized carbons (Fsp3) is 0.257. The molecule has 0 aliphatic heterocycles. The highest BCUT2D eigenvalue weighted by Crippen LogP contribution is 2.35. The number of benzene rings is 3. The number of aromatic nitrogens is 4. The lowest BCUT2D eigenvalue weighted by Gasteiger charge is -2.20. The van der Waals surface area contributed by atoms with Gasteiger partial charge in [0.1, 0.15) is 0 Å². The standard InChI is InChI=1S/C35H34N6O/c1-6-35(4,5)28-9-7-8-26(17-28)33(42)38-23(3)24-11-10-22(2)31(18-24)25-12-15-32-27(16-25)19-36-34(40-32)39-29-20-37-41(21-29)30-13-14-30/h1,7-12,15-21,23,30H,13-14H2,2-5H3,(H,38,42)(H,36,39,40). The van der Waals surface area contributed by atoms with E-state index in [0.717, 1.165) is 44.4 Å². The zero-order chi connectivity index (χ0) is 29.4. The van der Waals surface area contributed by atoms with E-state index in [2.05, 4.69) is 63.9 Å². The molecule has 1 aliphatic carbocycles. The third-order valence-electron chi connectivity index (χ3n) is 7.99. The minimum Gasteiger partial charge on any atom is -0.346 e. The monoisotopic (exact) mass is 554 g/mol. The SMILES string of the molecule is C#CC(C)(C)c1cccc(C(=O)NC(C)c2ccc(C)c(-c3ccc4nc(Nc5cnn(C6CC6)c5)ncc4c3)c2)c1. The van der Waals surface area contributed by atoms with E-state index < -0.39 is 5.41 Å². The van der Waals surface area contributed by atoms with Gasteiger partial charge in [0, 0.05) is 23.3 Å². The van der Waals surface area contributed by atoms with E-state index in [1.807, 2.05) is 74.4 Å². The summed E-state index contributed by atoms with van der Waals surface area (Å²) in [4.78, 5) is 22.4. The molecule has 1 saturated carbocycles. The average Bonchev–Trinajstić information content (AvgIpc) is 3.75. The largest absolute Gasteiger partial charge is 0.346 e. The Morgan fingerprint density at radius 3 is 2.71 bits per heavy atom. The molecule has 1 amide bonds. The van der Waals surface area contributed by atoms with Gasteiger partial charge in [0.2, 0.25) is 5.95 Å². The van der Waals surface area contributed by atoms with Crippen LogP contribution in [0.2, 0.25) is 0 Å². The number of terminal acetylenes is 1. The fourth-order valence-corrected chi connectivity index (χ4v) is 5.05. The van der Waals surface area contributed by atoms with Crippen molar-refractivity contribution in [3.8, 4) is 23.5 Å². The number of anilines is 2. The molecule has 0 radical (unpaired) electrons. The van der Waals surface area contributed by atoms with Crippen molar-refractivity contribution in [2.75, 3.05) is 5.32 Å². The van der Waals surface area contributed by atoms with Crippen LogP contribution in [0.25, 0.3) is 22.0 Å². The first-order valence-corrected chi connectivity index (χ1v) is 14.3. The molecule has 7 heteroatoms. The van der Waals surface area contributed by atoms with Crippen molar-refractivity contribution in [1.82, 2.24) is 25.1 Å². The summed E-state index contributed by atoms with van der Waals surface area (Å²) in [6.07, 6.45) is 13.7. The van der Waals surface area contributed by atoms with Gasteiger partial charge in [-0.15, -0.1) is 6.42 Å². The summed E-state index contributed by atoms with van der Waals surface area (Å²) in [6, 6.07) is 20.4. The van der Waals surface area contributed by atoms with E-state index in [9.17, 15) is 4.79 Å². The van der Waals surface area contributed by atoms with Gasteiger partial charge in [0.15, 0.2) is 0 Å². The lowest BCUT2D eigenvalue weighted by Crippen LogP contribution is -2.27. The number of hydrogen-bond acceptors (Lipinski definition) is 5. The molecule has 1 atom stereocenters. The van der Waals surface area contributed by atoms with Gasteiger partial charge in [-0.3, -0.25) is 9.48 Å². The van der Waals surface area contributed by atoms with Crippen LogP contribution in [0.1, 0.15) is 72.7 Å². The molecule has 1 aliphatic rings. The summed E-state index contributed by atoms with van der Waals surface area (Å²) in [5.41, 5.74) is 7.16. The summed E-state index contributed by atoms with van der Waals surface area (Å²) in [6.45, 7) is 8.04. The van der Waals surface area contributed by atoms with Crippen molar-refractivity contribution in [1.29, 1.82) is 0 Å². The van der Waals surface area contributed by atoms with Crippen LogP contribution in [-0.2, 0) is 5.41 Å². The van der Waals surface area contributed by atoms with E-state index in [0.29, 0.717) is 17.6 Å². The van der Waals surface area contributed by atoms with Crippen molar-refractivity contribution in [3.05, 3.63) is 102 Å². The maximum atomic E-state index is 13.2. The smallest absolute Gasteiger partial charge is 0.251 e. The van der Waals surface area contributed by atoms with Gasteiger partial charge < -0.3 is 10.6 Å². The second kappa shape index (κ2) is 10.8. The molecule has 7 nitrogen and oxygen atoms in total. The van der Waals surface area contributed by atoms with Crippen molar-refractivity contribution < 1.29 is 4.79 Å². The Labute approximate surface area is 246 Å². The number of nitrogens with one attached hydrogen (secondary N) is 2. The molecular weight excluding hydrogens is 520 g/mol. The Hall–Kier alpha value is -4.96. The van der Waals surface area contributed by atoms with E-state index >= 15 is 0 Å². The minimum absolute atomic E-state index is 0.133. The van der Waals surface area contributed by atoms with Crippen molar-refractivity contribution >= 4 is 28.4 Å². The number of amides is 1. The van der Waals surface area contributed by atoms with Crippen molar-refractivity contribution in [3.63, 3.8) is 0 Å². The first kappa shape index (κ1) is 27.2. The van der Waals surface area contributed by atoms with Crippen molar-refractivity contribution in [2.24, 2.45) is 0 Å². The summed E-state index contributed by atoms with van der Waals surface area (Å²) >= 11 is 0. The number of fused-ring (bicyclic) bond motifs is 1. The lowest BCUT2D eigenvalue weighted by atomic mass is 9.85. The van der Waals surface area contributed by atoms with Crippen LogP contribution in [0.3, 0.4) is 0 Å². The van der Waals surface area contributed by atoms with Crippen LogP contribution in [0, 0.1) is 19.3 Å². The van der Waals surface area contributed by atoms with Crippen LogP contribution >= 0.6 is 0 Å². The number of carbonyl (C=O) groups is 1. The van der Waals surface area contributed by atoms with Crippen LogP contribution in [-0.4, -0.2) is 25.7 Å². The van der Waals surface area contributed by atoms with Gasteiger partial charge >= 0.3 is 0 Å². The summed E-state index contributed by atoms with van der Waals surface area (Å²) in [5.74, 6) is 3.21. The van der Waals surface area contributed by atoms with Crippen molar-refractivity contribution in [2.45, 2.75) is 58.0 Å². The average molecular weight is 555 g/mol. The quantitative estimate of drug-likeness (QED) is 0.197. The Balaban J connectivity index is 1.19. The highest BCUT2D eigenvalue weighted by molar-refractivity contribution is 5.94. The molecule has 2 aromatic heterocycles. The molecular formula is C35H34N6O. The molecule has 2 N–H and O–H groups in total. The number of carbonyl (C=O) groups excluding carboxylic acids is 1. The van der Waals surface area contributed by atoms with Gasteiger partial charge in [-0.05, 0) is 98.7 Å². The fourth-order valence-electron chi connectivity index (χ4n) is 5.05. The van der Waals surface area contributed by atoms with Crippen LogP contribution in [0.4, 0.5) is 11.6 Å². The van der Waals surface area contributed by atoms with Crippen LogP contribution in [0.15, 0.2) is 79.3 Å². The van der Waals surface area contributed by atoms with E-state index in [-0.39, 0.29) is 11.9 Å². The topological polar surface area (TPSA) is 84.7 Å². The van der Waals surface area contributed by atoms with E-state index in [1.165, 1.54) is 12.8 Å². The van der Waals surface area contributed by atoms with Gasteiger partial charge in [-0.25, -0.2) is 9.97 Å². The van der Waals surface area contributed by atoms with Crippen LogP contribution in [0.5, 0.6) is 0 Å². The zero-order valence-corrected chi connectivity index (χ0v) is 24.3. The number of aryl methyl sites for hydroxylation is 1. The molecule has 1 fully saturated rings. The Morgan fingerprint density at radius 2 is 1.93 bits per heavy atom. The van der Waals surface area contributed by atoms with Gasteiger partial charge in [0.25, 0.3) is 5.91 Å². The third kappa shape index (κ3) is 5.61. The summed E-state index contributed by atoms with van der Waals surface area (Å²) in [7, 11) is 0. The predicted molar refractivity (Wildman–Crippen MR) is 168 cm³/mol. The maximum absolute atomic E-state index is 13.2. The molecule has 6 rings (SSSR count). The normalized spacial score (nSPS) is 13.9. The molecule has 42 heavy (non-hydrogen) atoms. The number of hydrogen-bond donors (Lipinski definition) is 2. The molecule has 0 saturated heterocycles. The second-order valence-electron chi connectivity index (χ2n) is 11.7. The Kier molecular flexibility index (Phi) is 6.99. The van der Waals surface area contributed by atoms with Gasteiger partial charge in [0.05, 0.1) is 34.9 Å². The van der Waals surface area contributed by atoms with E-state index in [1.54, 1.807) is 0 Å². The highest BCUT2D eigenvalue weighted by Gasteiger charge is 2.24. The first-order chi connectivity index (χ1) is 20.2. The van der Waals surface area contributed by atoms with E-state index in [4.69, 9.17) is 11.4 Å². The molecule has 0 spiro atoms. The Bertz CT molecular complexity index is 1840. The number of rotatable bonds is 8. The molecule has 0 bridgehead atoms. The molecule has 1 unspecified atom stereocenters. The molecule has 2 heterocycles. The molecule has 5 aromatic rings. The maximum Gasteiger partial charge on any atom is 0.251 e. The molecule has 210 valence electrons. The summed E-state index contributed by atoms with van der Waals surface area (Å²) < 4.78 is 2.00. The third-order valence-corrected chi connectivity index (χ3v) is 7.99. The first-order valence-electron chi connectivity index (χ1n) is 14.3. The lowest BCUT2D eigenvalue weighted by molar-refractivity contribution is 0.0939. The van der Waals surface area contributed by atoms with Gasteiger partial charge in [-0.2, -0.15) is 5.10 Å². The predicted octanol–water partition coefficient (Wildman–Crippen LogP) is 7.28. The summed E-state index contributed by atoms with van der Waals surface area (Å²) in [5, 5.41) is 11.8. The van der Waals surface area contributed by atoms with Gasteiger partial charge in [-0.1, -0.05) is 36.3 Å². The molecule has 3 aromatic carbocycles. The second-order valence-corrected chi connectivity index (χ2v) is 11.7. The Morgan fingerprint density at radius 1 is 1.10 bits per heavy atom.